The average Bonchev–Trinajstić information content (AvgIpc) is 3.02. The van der Waals surface area contributed by atoms with E-state index in [1.807, 2.05) is 6.92 Å². The van der Waals surface area contributed by atoms with Crippen LogP contribution in [-0.4, -0.2) is 31.1 Å². The molecule has 3 rings (SSSR count). The second-order valence-electron chi connectivity index (χ2n) is 8.66. The van der Waals surface area contributed by atoms with Crippen LogP contribution in [0.1, 0.15) is 55.9 Å². The molecule has 0 unspecified atom stereocenters. The lowest BCUT2D eigenvalue weighted by Gasteiger charge is -2.43. The number of amides is 1. The Hall–Kier alpha value is -1.81. The summed E-state index contributed by atoms with van der Waals surface area (Å²) < 4.78 is 84.1. The van der Waals surface area contributed by atoms with Gasteiger partial charge in [0, 0.05) is 30.5 Å². The summed E-state index contributed by atoms with van der Waals surface area (Å²) in [5, 5.41) is 6.17. The summed E-state index contributed by atoms with van der Waals surface area (Å²) in [5.41, 5.74) is -3.53. The largest absolute Gasteiger partial charge is 0.416 e. The number of alkyl halides is 6. The maximum Gasteiger partial charge on any atom is 0.416 e. The van der Waals surface area contributed by atoms with Crippen molar-refractivity contribution in [2.75, 3.05) is 19.7 Å². The molecule has 0 aromatic heterocycles. The number of rotatable bonds is 4. The summed E-state index contributed by atoms with van der Waals surface area (Å²) in [6.45, 7) is 4.62. The second-order valence-corrected chi connectivity index (χ2v) is 8.66. The first-order valence-electron chi connectivity index (χ1n) is 9.64. The first-order valence-corrected chi connectivity index (χ1v) is 9.64. The molecule has 30 heavy (non-hydrogen) atoms. The summed E-state index contributed by atoms with van der Waals surface area (Å²) in [7, 11) is 0. The van der Waals surface area contributed by atoms with Crippen molar-refractivity contribution in [2.45, 2.75) is 57.1 Å². The van der Waals surface area contributed by atoms with Gasteiger partial charge in [-0.05, 0) is 50.5 Å². The summed E-state index contributed by atoms with van der Waals surface area (Å²) in [6.07, 6.45) is -8.86. The fourth-order valence-corrected chi connectivity index (χ4v) is 3.91. The Bertz CT molecular complexity index is 765. The van der Waals surface area contributed by atoms with Crippen LogP contribution in [0.25, 0.3) is 0 Å². The molecule has 1 amide bonds. The lowest BCUT2D eigenvalue weighted by molar-refractivity contribution is -0.143. The van der Waals surface area contributed by atoms with Crippen LogP contribution in [0.5, 0.6) is 0 Å². The quantitative estimate of drug-likeness (QED) is 0.683. The van der Waals surface area contributed by atoms with E-state index < -0.39 is 35.1 Å². The molecule has 168 valence electrons. The van der Waals surface area contributed by atoms with E-state index in [0.29, 0.717) is 38.1 Å². The van der Waals surface area contributed by atoms with Crippen LogP contribution < -0.4 is 10.6 Å². The van der Waals surface area contributed by atoms with Crippen molar-refractivity contribution in [3.63, 3.8) is 0 Å². The molecule has 0 bridgehead atoms. The summed E-state index contributed by atoms with van der Waals surface area (Å²) in [5.74, 6) is 0.00953. The predicted octanol–water partition coefficient (Wildman–Crippen LogP) is 4.45. The summed E-state index contributed by atoms with van der Waals surface area (Å²) >= 11 is 0. The minimum absolute atomic E-state index is 0.00953. The molecule has 0 aliphatic carbocycles. The smallest absolute Gasteiger partial charge is 0.372 e. The molecule has 10 heteroatoms. The van der Waals surface area contributed by atoms with E-state index in [-0.39, 0.29) is 29.6 Å². The molecular weight excluding hydrogens is 414 g/mol. The van der Waals surface area contributed by atoms with Crippen molar-refractivity contribution in [1.82, 2.24) is 10.6 Å². The molecule has 1 aromatic carbocycles. The Morgan fingerprint density at radius 1 is 1.03 bits per heavy atom. The van der Waals surface area contributed by atoms with Crippen LogP contribution >= 0.6 is 0 Å². The van der Waals surface area contributed by atoms with Crippen LogP contribution in [0.3, 0.4) is 0 Å². The number of carbonyl (C=O) groups excluding carboxylic acids is 1. The van der Waals surface area contributed by atoms with Gasteiger partial charge in [-0.2, -0.15) is 26.3 Å². The van der Waals surface area contributed by atoms with Gasteiger partial charge < -0.3 is 15.4 Å². The molecular formula is C20H24F6N2O2. The molecule has 2 N–H and O–H groups in total. The number of carbonyl (C=O) groups is 1. The number of halogens is 6. The van der Waals surface area contributed by atoms with Gasteiger partial charge >= 0.3 is 12.4 Å². The van der Waals surface area contributed by atoms with Gasteiger partial charge in [-0.1, -0.05) is 0 Å². The first-order chi connectivity index (χ1) is 13.7. The molecule has 2 fully saturated rings. The molecule has 2 aliphatic heterocycles. The Kier molecular flexibility index (Phi) is 5.87. The van der Waals surface area contributed by atoms with E-state index in [0.717, 1.165) is 6.42 Å². The number of hydrogen-bond acceptors (Lipinski definition) is 3. The maximum absolute atomic E-state index is 13.1. The lowest BCUT2D eigenvalue weighted by Crippen LogP contribution is -2.56. The SMILES string of the molecule is C[C@@H](OC[C@@]1(C)CC[C@]2(CNC(=O)C2)CN1)c1cc(C(F)(F)F)cc(C(F)(F)F)c1. The molecule has 0 radical (unpaired) electrons. The Morgan fingerprint density at radius 2 is 1.63 bits per heavy atom. The van der Waals surface area contributed by atoms with E-state index >= 15 is 0 Å². The van der Waals surface area contributed by atoms with E-state index in [4.69, 9.17) is 4.74 Å². The van der Waals surface area contributed by atoms with E-state index in [2.05, 4.69) is 10.6 Å². The Morgan fingerprint density at radius 3 is 2.07 bits per heavy atom. The van der Waals surface area contributed by atoms with Crippen molar-refractivity contribution in [3.05, 3.63) is 34.9 Å². The van der Waals surface area contributed by atoms with Gasteiger partial charge in [-0.15, -0.1) is 0 Å². The molecule has 2 heterocycles. The van der Waals surface area contributed by atoms with Gasteiger partial charge in [0.25, 0.3) is 0 Å². The number of nitrogens with one attached hydrogen (secondary N) is 2. The lowest BCUT2D eigenvalue weighted by atomic mass is 9.74. The van der Waals surface area contributed by atoms with Crippen molar-refractivity contribution in [3.8, 4) is 0 Å². The third-order valence-corrected chi connectivity index (χ3v) is 6.02. The fourth-order valence-electron chi connectivity index (χ4n) is 3.91. The number of ether oxygens (including phenoxy) is 1. The molecule has 1 aromatic rings. The van der Waals surface area contributed by atoms with E-state index in [9.17, 15) is 31.1 Å². The fraction of sp³-hybridized carbons (Fsp3) is 0.650. The predicted molar refractivity (Wildman–Crippen MR) is 96.5 cm³/mol. The van der Waals surface area contributed by atoms with Crippen LogP contribution in [0.15, 0.2) is 18.2 Å². The standard InChI is InChI=1S/C20H24F6N2O2/c1-12(13-5-14(19(21,22)23)7-15(6-13)20(24,25)26)30-11-17(2)3-4-18(10-28-17)8-16(29)27-9-18/h5-7,12,28H,3-4,8-11H2,1-2H3,(H,27,29)/t12-,17-,18+/m1/s1. The van der Waals surface area contributed by atoms with Gasteiger partial charge in [0.15, 0.2) is 0 Å². The first kappa shape index (κ1) is 22.9. The van der Waals surface area contributed by atoms with Gasteiger partial charge in [0.2, 0.25) is 5.91 Å². The van der Waals surface area contributed by atoms with Crippen LogP contribution in [0.2, 0.25) is 0 Å². The highest BCUT2D eigenvalue weighted by atomic mass is 19.4. The van der Waals surface area contributed by atoms with Gasteiger partial charge in [0.1, 0.15) is 0 Å². The number of hydrogen-bond donors (Lipinski definition) is 2. The molecule has 3 atom stereocenters. The molecule has 4 nitrogen and oxygen atoms in total. The zero-order valence-corrected chi connectivity index (χ0v) is 16.6. The summed E-state index contributed by atoms with van der Waals surface area (Å²) in [4.78, 5) is 11.5. The highest BCUT2D eigenvalue weighted by molar-refractivity contribution is 5.79. The highest BCUT2D eigenvalue weighted by Crippen LogP contribution is 2.40. The van der Waals surface area contributed by atoms with E-state index in [1.54, 1.807) is 0 Å². The minimum atomic E-state index is -4.90. The van der Waals surface area contributed by atoms with E-state index in [1.165, 1.54) is 6.92 Å². The molecule has 2 aliphatic rings. The average molecular weight is 438 g/mol. The van der Waals surface area contributed by atoms with Gasteiger partial charge in [-0.3, -0.25) is 4.79 Å². The van der Waals surface area contributed by atoms with Gasteiger partial charge in [-0.25, -0.2) is 0 Å². The van der Waals surface area contributed by atoms with Crippen molar-refractivity contribution >= 4 is 5.91 Å². The van der Waals surface area contributed by atoms with Crippen LogP contribution in [-0.2, 0) is 21.9 Å². The third-order valence-electron chi connectivity index (χ3n) is 6.02. The minimum Gasteiger partial charge on any atom is -0.372 e. The highest BCUT2D eigenvalue weighted by Gasteiger charge is 2.45. The summed E-state index contributed by atoms with van der Waals surface area (Å²) in [6, 6.07) is 1.50. The van der Waals surface area contributed by atoms with Crippen molar-refractivity contribution in [1.29, 1.82) is 0 Å². The van der Waals surface area contributed by atoms with Crippen molar-refractivity contribution in [2.24, 2.45) is 5.41 Å². The zero-order chi connectivity index (χ0) is 22.4. The monoisotopic (exact) mass is 438 g/mol. The second kappa shape index (κ2) is 7.71. The molecule has 0 saturated carbocycles. The third kappa shape index (κ3) is 5.08. The van der Waals surface area contributed by atoms with Crippen LogP contribution in [0.4, 0.5) is 26.3 Å². The van der Waals surface area contributed by atoms with Crippen LogP contribution in [0, 0.1) is 5.41 Å². The van der Waals surface area contributed by atoms with Gasteiger partial charge in [0.05, 0.1) is 23.8 Å². The molecule has 2 saturated heterocycles. The normalized spacial score (nSPS) is 28.6. The molecule has 1 spiro atoms. The van der Waals surface area contributed by atoms with Crippen molar-refractivity contribution < 1.29 is 35.9 Å². The number of piperidine rings is 1. The number of benzene rings is 1. The zero-order valence-electron chi connectivity index (χ0n) is 16.6. The maximum atomic E-state index is 13.1. The topological polar surface area (TPSA) is 50.4 Å². The Balaban J connectivity index is 1.69. The Labute approximate surface area is 170 Å².